The lowest BCUT2D eigenvalue weighted by atomic mass is 9.98. The summed E-state index contributed by atoms with van der Waals surface area (Å²) in [6, 6.07) is 0. The molecule has 5 nitrogen and oxygen atoms in total. The highest BCUT2D eigenvalue weighted by Gasteiger charge is 2.28. The predicted molar refractivity (Wildman–Crippen MR) is 78.7 cm³/mol. The van der Waals surface area contributed by atoms with Gasteiger partial charge in [0.25, 0.3) is 0 Å². The molecular formula is C16H17NO4. The summed E-state index contributed by atoms with van der Waals surface area (Å²) in [5, 5.41) is 0. The van der Waals surface area contributed by atoms with E-state index in [1.54, 1.807) is 26.1 Å². The van der Waals surface area contributed by atoms with Gasteiger partial charge in [-0.1, -0.05) is 24.3 Å². The summed E-state index contributed by atoms with van der Waals surface area (Å²) < 4.78 is 10.1. The predicted octanol–water partition coefficient (Wildman–Crippen LogP) is 2.26. The van der Waals surface area contributed by atoms with E-state index in [9.17, 15) is 9.59 Å². The van der Waals surface area contributed by atoms with Gasteiger partial charge in [-0.15, -0.1) is 0 Å². The number of hydrogen-bond acceptors (Lipinski definition) is 5. The third-order valence-corrected chi connectivity index (χ3v) is 2.98. The molecule has 0 radical (unpaired) electrons. The molecule has 2 rings (SSSR count). The van der Waals surface area contributed by atoms with Crippen molar-refractivity contribution in [3.8, 4) is 0 Å². The Bertz CT molecular complexity index is 606. The van der Waals surface area contributed by atoms with E-state index in [1.807, 2.05) is 18.2 Å². The quantitative estimate of drug-likeness (QED) is 0.744. The van der Waals surface area contributed by atoms with E-state index in [0.717, 1.165) is 5.57 Å². The topological polar surface area (TPSA) is 65.0 Å². The fourth-order valence-electron chi connectivity index (χ4n) is 2.10. The second-order valence-electron chi connectivity index (χ2n) is 4.42. The Balaban J connectivity index is 2.55. The molecule has 0 aromatic rings. The van der Waals surface area contributed by atoms with Crippen molar-refractivity contribution < 1.29 is 19.1 Å². The normalized spacial score (nSPS) is 16.7. The third kappa shape index (κ3) is 3.37. The van der Waals surface area contributed by atoms with Crippen molar-refractivity contribution in [2.75, 3.05) is 13.2 Å². The smallest absolute Gasteiger partial charge is 0.357 e. The minimum absolute atomic E-state index is 0.000231. The van der Waals surface area contributed by atoms with Gasteiger partial charge in [0.05, 0.1) is 18.8 Å². The number of aliphatic imine (C=N–C) groups is 1. The maximum Gasteiger partial charge on any atom is 0.357 e. The summed E-state index contributed by atoms with van der Waals surface area (Å²) in [4.78, 5) is 28.5. The first-order chi connectivity index (χ1) is 10.2. The van der Waals surface area contributed by atoms with Crippen LogP contribution in [-0.4, -0.2) is 31.4 Å². The molecule has 0 unspecified atom stereocenters. The summed E-state index contributed by atoms with van der Waals surface area (Å²) in [7, 11) is 0. The molecule has 21 heavy (non-hydrogen) atoms. The molecule has 0 aromatic carbocycles. The highest BCUT2D eigenvalue weighted by Crippen LogP contribution is 2.29. The Kier molecular flexibility index (Phi) is 4.87. The van der Waals surface area contributed by atoms with E-state index in [1.165, 1.54) is 0 Å². The number of esters is 2. The first kappa shape index (κ1) is 15.0. The van der Waals surface area contributed by atoms with Gasteiger partial charge in [-0.25, -0.2) is 14.6 Å². The summed E-state index contributed by atoms with van der Waals surface area (Å²) in [6.07, 6.45) is 9.49. The van der Waals surface area contributed by atoms with Crippen LogP contribution in [0, 0.1) is 0 Å². The van der Waals surface area contributed by atoms with Crippen LogP contribution in [0.5, 0.6) is 0 Å². The summed E-state index contributed by atoms with van der Waals surface area (Å²) in [6.45, 7) is 3.87. The summed E-state index contributed by atoms with van der Waals surface area (Å²) >= 11 is 0. The molecule has 0 N–H and O–H groups in total. The molecule has 0 fully saturated rings. The molecule has 0 saturated heterocycles. The standard InChI is InChI=1S/C16H17NO4/c1-3-20-15(18)13-12-8-6-5-7-11(9-12)10-17-14(13)16(19)21-4-2/h5-8,10H,3-4,9H2,1-2H3. The molecule has 1 aliphatic carbocycles. The van der Waals surface area contributed by atoms with Gasteiger partial charge >= 0.3 is 11.9 Å². The van der Waals surface area contributed by atoms with Crippen LogP contribution >= 0.6 is 0 Å². The van der Waals surface area contributed by atoms with Crippen molar-refractivity contribution in [3.05, 3.63) is 46.7 Å². The molecule has 2 bridgehead atoms. The number of ether oxygens (including phenoxy) is 2. The van der Waals surface area contributed by atoms with Crippen LogP contribution in [0.2, 0.25) is 0 Å². The molecule has 1 aliphatic heterocycles. The zero-order valence-electron chi connectivity index (χ0n) is 12.1. The molecule has 5 heteroatoms. The van der Waals surface area contributed by atoms with Gasteiger partial charge in [-0.05, 0) is 31.4 Å². The lowest BCUT2D eigenvalue weighted by molar-refractivity contribution is -0.141. The molecule has 2 aliphatic rings. The molecule has 110 valence electrons. The molecule has 0 amide bonds. The monoisotopic (exact) mass is 287 g/mol. The number of carbonyl (C=O) groups excluding carboxylic acids is 2. The maximum absolute atomic E-state index is 12.2. The molecule has 1 heterocycles. The number of hydrogen-bond donors (Lipinski definition) is 0. The van der Waals surface area contributed by atoms with E-state index < -0.39 is 11.9 Å². The fraction of sp³-hybridized carbons (Fsp3) is 0.312. The van der Waals surface area contributed by atoms with Crippen molar-refractivity contribution in [1.82, 2.24) is 0 Å². The van der Waals surface area contributed by atoms with Gasteiger partial charge in [-0.2, -0.15) is 0 Å². The van der Waals surface area contributed by atoms with Crippen LogP contribution in [0.25, 0.3) is 0 Å². The number of nitrogens with zero attached hydrogens (tertiary/aromatic N) is 1. The van der Waals surface area contributed by atoms with Crippen molar-refractivity contribution in [3.63, 3.8) is 0 Å². The lowest BCUT2D eigenvalue weighted by Gasteiger charge is -2.11. The Hall–Kier alpha value is -2.43. The molecule has 0 spiro atoms. The summed E-state index contributed by atoms with van der Waals surface area (Å²) in [5.74, 6) is -1.17. The van der Waals surface area contributed by atoms with Crippen LogP contribution in [0.1, 0.15) is 20.3 Å². The highest BCUT2D eigenvalue weighted by molar-refractivity contribution is 6.06. The van der Waals surface area contributed by atoms with E-state index in [4.69, 9.17) is 9.47 Å². The van der Waals surface area contributed by atoms with Gasteiger partial charge in [-0.3, -0.25) is 0 Å². The van der Waals surface area contributed by atoms with Crippen molar-refractivity contribution in [2.24, 2.45) is 4.99 Å². The Morgan fingerprint density at radius 1 is 1.10 bits per heavy atom. The number of carbonyl (C=O) groups is 2. The highest BCUT2D eigenvalue weighted by atomic mass is 16.5. The molecule has 0 atom stereocenters. The minimum atomic E-state index is -0.617. The third-order valence-electron chi connectivity index (χ3n) is 2.98. The molecule has 0 aromatic heterocycles. The first-order valence-electron chi connectivity index (χ1n) is 6.86. The largest absolute Gasteiger partial charge is 0.462 e. The van der Waals surface area contributed by atoms with Crippen molar-refractivity contribution in [1.29, 1.82) is 0 Å². The minimum Gasteiger partial charge on any atom is -0.462 e. The van der Waals surface area contributed by atoms with Crippen LogP contribution in [0.15, 0.2) is 51.7 Å². The zero-order valence-corrected chi connectivity index (χ0v) is 12.1. The second-order valence-corrected chi connectivity index (χ2v) is 4.42. The number of rotatable bonds is 4. The average Bonchev–Trinajstić information content (AvgIpc) is 2.79. The van der Waals surface area contributed by atoms with Gasteiger partial charge < -0.3 is 9.47 Å². The van der Waals surface area contributed by atoms with Crippen LogP contribution < -0.4 is 0 Å². The zero-order chi connectivity index (χ0) is 15.2. The Morgan fingerprint density at radius 3 is 2.48 bits per heavy atom. The SMILES string of the molecule is CCOC(=O)C1=C(C(=O)OCC)C2=CC=CC=C(C=N1)C2. The number of fused-ring (bicyclic) bond motifs is 2. The van der Waals surface area contributed by atoms with E-state index >= 15 is 0 Å². The fourth-order valence-corrected chi connectivity index (χ4v) is 2.10. The lowest BCUT2D eigenvalue weighted by Crippen LogP contribution is -2.16. The Labute approximate surface area is 123 Å². The second kappa shape index (κ2) is 6.83. The molecular weight excluding hydrogens is 270 g/mol. The van der Waals surface area contributed by atoms with E-state index in [-0.39, 0.29) is 24.5 Å². The van der Waals surface area contributed by atoms with Crippen LogP contribution in [0.4, 0.5) is 0 Å². The molecule has 0 saturated carbocycles. The van der Waals surface area contributed by atoms with Crippen molar-refractivity contribution in [2.45, 2.75) is 20.3 Å². The van der Waals surface area contributed by atoms with Crippen LogP contribution in [-0.2, 0) is 19.1 Å². The van der Waals surface area contributed by atoms with Gasteiger partial charge in [0.1, 0.15) is 0 Å². The van der Waals surface area contributed by atoms with Gasteiger partial charge in [0.2, 0.25) is 0 Å². The summed E-state index contributed by atoms with van der Waals surface area (Å²) in [5.41, 5.74) is 1.80. The first-order valence-corrected chi connectivity index (χ1v) is 6.86. The van der Waals surface area contributed by atoms with Crippen LogP contribution in [0.3, 0.4) is 0 Å². The van der Waals surface area contributed by atoms with Crippen molar-refractivity contribution >= 4 is 18.2 Å². The van der Waals surface area contributed by atoms with E-state index in [0.29, 0.717) is 12.0 Å². The average molecular weight is 287 g/mol. The number of allylic oxidation sites excluding steroid dienone is 5. The van der Waals surface area contributed by atoms with Gasteiger partial charge in [0, 0.05) is 6.21 Å². The Morgan fingerprint density at radius 2 is 1.76 bits per heavy atom. The van der Waals surface area contributed by atoms with E-state index in [2.05, 4.69) is 4.99 Å². The maximum atomic E-state index is 12.2. The van der Waals surface area contributed by atoms with Gasteiger partial charge in [0.15, 0.2) is 5.70 Å².